The number of benzene rings is 2. The van der Waals surface area contributed by atoms with E-state index < -0.39 is 10.4 Å². The maximum absolute atomic E-state index is 8.74. The summed E-state index contributed by atoms with van der Waals surface area (Å²) in [5.41, 5.74) is 2.91. The molecule has 2 N–H and O–H groups in total. The van der Waals surface area contributed by atoms with Crippen LogP contribution < -0.4 is 51.4 Å². The molecule has 4 nitrogen and oxygen atoms in total. The van der Waals surface area contributed by atoms with Crippen LogP contribution in [0, 0.1) is 0 Å². The number of unbranched alkanes of at least 4 members (excludes halogenated alkanes) is 4. The van der Waals surface area contributed by atoms with Crippen LogP contribution in [0.4, 0.5) is 0 Å². The van der Waals surface area contributed by atoms with Crippen LogP contribution in [0.3, 0.4) is 0 Å². The summed E-state index contributed by atoms with van der Waals surface area (Å²) in [4.78, 5) is 0. The van der Waals surface area contributed by atoms with Gasteiger partial charge in [-0.05, 0) is 17.5 Å². The van der Waals surface area contributed by atoms with Gasteiger partial charge < -0.3 is 1.43 Å². The van der Waals surface area contributed by atoms with E-state index in [1.165, 1.54) is 49.7 Å². The molecule has 2 aromatic rings. The van der Waals surface area contributed by atoms with Crippen molar-refractivity contribution in [1.29, 1.82) is 0 Å². The van der Waals surface area contributed by atoms with E-state index in [-0.39, 0.29) is 52.8 Å². The summed E-state index contributed by atoms with van der Waals surface area (Å²) >= 11 is 0. The van der Waals surface area contributed by atoms with E-state index in [9.17, 15) is 0 Å². The molecule has 26 heavy (non-hydrogen) atoms. The van der Waals surface area contributed by atoms with Crippen LogP contribution in [-0.4, -0.2) is 17.5 Å². The normalized spacial score (nSPS) is 10.6. The molecule has 0 unspecified atom stereocenters. The van der Waals surface area contributed by atoms with E-state index >= 15 is 0 Å². The largest absolute Gasteiger partial charge is 1.00 e. The van der Waals surface area contributed by atoms with Crippen molar-refractivity contribution in [3.05, 3.63) is 71.8 Å². The van der Waals surface area contributed by atoms with E-state index in [1.807, 2.05) is 0 Å². The monoisotopic (exact) mass is 404 g/mol. The summed E-state index contributed by atoms with van der Waals surface area (Å²) in [6.07, 6.45) is 8.03. The minimum Gasteiger partial charge on any atom is -1.00 e. The van der Waals surface area contributed by atoms with Crippen molar-refractivity contribution in [3.63, 3.8) is 0 Å². The fraction of sp³-hybridized carbons (Fsp3) is 0.400. The summed E-state index contributed by atoms with van der Waals surface area (Å²) in [6.45, 7) is 2.27. The second-order valence-corrected chi connectivity index (χ2v) is 6.92. The average molecular weight is 405 g/mol. The predicted octanol–water partition coefficient (Wildman–Crippen LogP) is 2.64. The smallest absolute Gasteiger partial charge is 1.00 e. The fourth-order valence-corrected chi connectivity index (χ4v) is 2.85. The summed E-state index contributed by atoms with van der Waals surface area (Å²) in [5.74, 6) is 0.555. The van der Waals surface area contributed by atoms with Gasteiger partial charge in [-0.25, -0.2) is 0 Å². The zero-order valence-corrected chi connectivity index (χ0v) is 19.7. The first-order valence-corrected chi connectivity index (χ1v) is 10.1. The Balaban J connectivity index is 0. The number of hydrogen-bond donors (Lipinski definition) is 2. The van der Waals surface area contributed by atoms with Crippen molar-refractivity contribution in [2.45, 2.75) is 51.4 Å². The van der Waals surface area contributed by atoms with Crippen molar-refractivity contribution in [2.24, 2.45) is 0 Å². The van der Waals surface area contributed by atoms with Gasteiger partial charge in [0, 0.05) is 5.92 Å². The van der Waals surface area contributed by atoms with Crippen LogP contribution >= 0.6 is 0 Å². The molecule has 0 saturated heterocycles. The average Bonchev–Trinajstić information content (AvgIpc) is 2.58. The Morgan fingerprint density at radius 1 is 0.808 bits per heavy atom. The number of rotatable bonds is 8. The molecule has 140 valence electrons. The maximum atomic E-state index is 8.74. The van der Waals surface area contributed by atoms with Crippen LogP contribution in [0.2, 0.25) is 0 Å². The van der Waals surface area contributed by atoms with Gasteiger partial charge in [0.15, 0.2) is 0 Å². The molecule has 0 aromatic heterocycles. The van der Waals surface area contributed by atoms with Gasteiger partial charge in [-0.3, -0.25) is 9.11 Å². The second kappa shape index (κ2) is 14.9. The molecule has 0 bridgehead atoms. The Morgan fingerprint density at radius 2 is 1.19 bits per heavy atom. The van der Waals surface area contributed by atoms with Crippen LogP contribution in [0.5, 0.6) is 0 Å². The third-order valence-electron chi connectivity index (χ3n) is 4.00. The first kappa shape index (κ1) is 25.9. The molecule has 0 saturated carbocycles. The van der Waals surface area contributed by atoms with Crippen molar-refractivity contribution >= 4 is 10.4 Å². The van der Waals surface area contributed by atoms with Gasteiger partial charge in [0.2, 0.25) is 0 Å². The summed E-state index contributed by atoms with van der Waals surface area (Å²) in [6, 6.07) is 21.9. The van der Waals surface area contributed by atoms with Crippen LogP contribution in [-0.2, 0) is 10.4 Å². The predicted molar refractivity (Wildman–Crippen MR) is 103 cm³/mol. The first-order chi connectivity index (χ1) is 11.9. The third kappa shape index (κ3) is 13.2. The molecular weight excluding hydrogens is 375 g/mol. The Kier molecular flexibility index (Phi) is 14.9. The van der Waals surface area contributed by atoms with Gasteiger partial charge in [0.25, 0.3) is 0 Å². The van der Waals surface area contributed by atoms with Gasteiger partial charge >= 0.3 is 61.8 Å². The minimum atomic E-state index is -4.67. The standard InChI is InChI=1S/C20H26.K.H2O4S.H/c1-2-3-4-5-12-17-20(18-13-8-6-9-14-18)19-15-10-7-11-16-19;;1-5(2,3)4;/h6-11,13-16,20H,2-5,12,17H2,1H3;;(H2,1,2,3,4);/q;+1;;-1. The molecule has 0 spiro atoms. The fourth-order valence-electron chi connectivity index (χ4n) is 2.85. The quantitative estimate of drug-likeness (QED) is 0.403. The topological polar surface area (TPSA) is 74.6 Å². The van der Waals surface area contributed by atoms with Gasteiger partial charge in [-0.15, -0.1) is 0 Å². The first-order valence-electron chi connectivity index (χ1n) is 8.71. The Morgan fingerprint density at radius 3 is 1.58 bits per heavy atom. The molecule has 6 heteroatoms. The van der Waals surface area contributed by atoms with Gasteiger partial charge in [0.1, 0.15) is 0 Å². The SMILES string of the molecule is CCCCCCCC(c1ccccc1)c1ccccc1.O=S(=O)(O)O.[H-].[K+]. The molecule has 0 aliphatic heterocycles. The van der Waals surface area contributed by atoms with Gasteiger partial charge in [0.05, 0.1) is 0 Å². The molecule has 0 heterocycles. The van der Waals surface area contributed by atoms with Crippen LogP contribution in [0.1, 0.15) is 63.9 Å². The summed E-state index contributed by atoms with van der Waals surface area (Å²) in [7, 11) is -4.67. The van der Waals surface area contributed by atoms with Gasteiger partial charge in [-0.1, -0.05) is 99.7 Å². The van der Waals surface area contributed by atoms with E-state index in [0.29, 0.717) is 5.92 Å². The third-order valence-corrected chi connectivity index (χ3v) is 4.00. The minimum absolute atomic E-state index is 0. The molecule has 0 radical (unpaired) electrons. The zero-order valence-electron chi connectivity index (χ0n) is 16.7. The van der Waals surface area contributed by atoms with Gasteiger partial charge in [-0.2, -0.15) is 8.42 Å². The van der Waals surface area contributed by atoms with E-state index in [4.69, 9.17) is 17.5 Å². The second-order valence-electron chi connectivity index (χ2n) is 6.02. The van der Waals surface area contributed by atoms with Crippen LogP contribution in [0.15, 0.2) is 60.7 Å². The van der Waals surface area contributed by atoms with Crippen molar-refractivity contribution in [3.8, 4) is 0 Å². The van der Waals surface area contributed by atoms with E-state index in [0.717, 1.165) is 0 Å². The molecule has 0 atom stereocenters. The Labute approximate surface area is 201 Å². The Hall–Kier alpha value is -0.0536. The molecule has 2 rings (SSSR count). The zero-order chi connectivity index (χ0) is 18.5. The molecule has 2 aromatic carbocycles. The van der Waals surface area contributed by atoms with Crippen molar-refractivity contribution < 1.29 is 70.3 Å². The Bertz CT molecular complexity index is 634. The molecule has 0 amide bonds. The maximum Gasteiger partial charge on any atom is 1.00 e. The molecule has 0 fully saturated rings. The van der Waals surface area contributed by atoms with Crippen molar-refractivity contribution in [1.82, 2.24) is 0 Å². The number of hydrogen-bond acceptors (Lipinski definition) is 2. The molecule has 0 aliphatic rings. The molecule has 0 aliphatic carbocycles. The molecular formula is C20H29KO4S. The van der Waals surface area contributed by atoms with E-state index in [2.05, 4.69) is 67.6 Å². The summed E-state index contributed by atoms with van der Waals surface area (Å²) < 4.78 is 31.6. The van der Waals surface area contributed by atoms with E-state index in [1.54, 1.807) is 0 Å². The van der Waals surface area contributed by atoms with Crippen molar-refractivity contribution in [2.75, 3.05) is 0 Å². The van der Waals surface area contributed by atoms with Crippen LogP contribution in [0.25, 0.3) is 0 Å². The summed E-state index contributed by atoms with van der Waals surface area (Å²) in [5, 5.41) is 0.